The van der Waals surface area contributed by atoms with Gasteiger partial charge in [-0.15, -0.1) is 11.8 Å². The number of rotatable bonds is 3. The topological polar surface area (TPSA) is 58.6 Å². The van der Waals surface area contributed by atoms with Crippen LogP contribution in [0, 0.1) is 0 Å². The summed E-state index contributed by atoms with van der Waals surface area (Å²) >= 11 is 1.35. The zero-order valence-electron chi connectivity index (χ0n) is 14.8. The predicted molar refractivity (Wildman–Crippen MR) is 110 cm³/mol. The first-order valence-corrected chi connectivity index (χ1v) is 9.88. The molecule has 3 aromatic carbocycles. The number of ether oxygens (including phenoxy) is 1. The summed E-state index contributed by atoms with van der Waals surface area (Å²) in [6.45, 7) is 0. The van der Waals surface area contributed by atoms with Crippen LogP contribution in [0.3, 0.4) is 0 Å². The Morgan fingerprint density at radius 1 is 0.857 bits per heavy atom. The summed E-state index contributed by atoms with van der Waals surface area (Å²) in [6.07, 6.45) is 0. The number of anilines is 2. The molecule has 1 N–H and O–H groups in total. The molecule has 6 heteroatoms. The van der Waals surface area contributed by atoms with Crippen LogP contribution in [0.1, 0.15) is 5.56 Å². The lowest BCUT2D eigenvalue weighted by Gasteiger charge is -2.32. The van der Waals surface area contributed by atoms with Crippen LogP contribution in [0.15, 0.2) is 78.9 Å². The molecule has 0 aliphatic carbocycles. The van der Waals surface area contributed by atoms with Crippen molar-refractivity contribution in [2.75, 3.05) is 16.0 Å². The number of amides is 2. The van der Waals surface area contributed by atoms with Gasteiger partial charge >= 0.3 is 0 Å². The first-order valence-electron chi connectivity index (χ1n) is 8.89. The molecule has 1 spiro atoms. The van der Waals surface area contributed by atoms with Crippen molar-refractivity contribution in [3.8, 4) is 11.5 Å². The second-order valence-corrected chi connectivity index (χ2v) is 7.74. The van der Waals surface area contributed by atoms with E-state index in [0.717, 1.165) is 17.0 Å². The molecule has 2 aliphatic rings. The zero-order chi connectivity index (χ0) is 19.1. The zero-order valence-corrected chi connectivity index (χ0v) is 15.6. The molecular weight excluding hydrogens is 372 g/mol. The van der Waals surface area contributed by atoms with Gasteiger partial charge in [-0.1, -0.05) is 36.4 Å². The maximum Gasteiger partial charge on any atom is 0.266 e. The van der Waals surface area contributed by atoms with Gasteiger partial charge in [-0.3, -0.25) is 14.5 Å². The molecular formula is C22H16N2O3S. The molecule has 138 valence electrons. The number of hydrogen-bond donors (Lipinski definition) is 1. The van der Waals surface area contributed by atoms with E-state index in [1.807, 2.05) is 78.9 Å². The standard InChI is InChI=1S/C22H16N2O3S/c25-20-14-28-22(18-8-4-5-9-19(18)23-21(22)26)24(20)15-10-12-17(13-11-15)27-16-6-2-1-3-7-16/h1-13H,14H2,(H,23,26)/t22-/m0/s1. The Morgan fingerprint density at radius 2 is 1.54 bits per heavy atom. The van der Waals surface area contributed by atoms with E-state index < -0.39 is 4.87 Å². The van der Waals surface area contributed by atoms with Crippen LogP contribution >= 0.6 is 11.8 Å². The van der Waals surface area contributed by atoms with E-state index in [0.29, 0.717) is 11.4 Å². The summed E-state index contributed by atoms with van der Waals surface area (Å²) in [4.78, 5) is 26.2. The van der Waals surface area contributed by atoms with Gasteiger partial charge in [0.2, 0.25) is 10.8 Å². The van der Waals surface area contributed by atoms with Crippen molar-refractivity contribution in [3.63, 3.8) is 0 Å². The monoisotopic (exact) mass is 388 g/mol. The molecule has 28 heavy (non-hydrogen) atoms. The molecule has 2 heterocycles. The average molecular weight is 388 g/mol. The van der Waals surface area contributed by atoms with Crippen LogP contribution in [0.5, 0.6) is 11.5 Å². The second kappa shape index (κ2) is 6.42. The minimum absolute atomic E-state index is 0.0893. The van der Waals surface area contributed by atoms with E-state index in [2.05, 4.69) is 5.32 Å². The number of carbonyl (C=O) groups excluding carboxylic acids is 2. The van der Waals surface area contributed by atoms with Crippen molar-refractivity contribution in [2.45, 2.75) is 4.87 Å². The molecule has 2 amide bonds. The van der Waals surface area contributed by atoms with E-state index in [1.165, 1.54) is 11.8 Å². The third kappa shape index (κ3) is 2.49. The summed E-state index contributed by atoms with van der Waals surface area (Å²) in [5, 5.41) is 2.92. The van der Waals surface area contributed by atoms with Crippen molar-refractivity contribution < 1.29 is 14.3 Å². The van der Waals surface area contributed by atoms with Gasteiger partial charge in [0, 0.05) is 16.9 Å². The first-order chi connectivity index (χ1) is 13.7. The van der Waals surface area contributed by atoms with E-state index in [9.17, 15) is 9.59 Å². The highest BCUT2D eigenvalue weighted by atomic mass is 32.2. The molecule has 0 saturated carbocycles. The quantitative estimate of drug-likeness (QED) is 0.724. The van der Waals surface area contributed by atoms with Crippen molar-refractivity contribution in [3.05, 3.63) is 84.4 Å². The fourth-order valence-electron chi connectivity index (χ4n) is 3.67. The minimum atomic E-state index is -1.06. The van der Waals surface area contributed by atoms with Crippen LogP contribution in [0.4, 0.5) is 11.4 Å². The Labute approximate surface area is 166 Å². The van der Waals surface area contributed by atoms with E-state index in [4.69, 9.17) is 4.74 Å². The Kier molecular flexibility index (Phi) is 3.87. The second-order valence-electron chi connectivity index (χ2n) is 6.57. The van der Waals surface area contributed by atoms with Crippen LogP contribution in [-0.4, -0.2) is 17.6 Å². The van der Waals surface area contributed by atoms with Gasteiger partial charge in [0.15, 0.2) is 0 Å². The lowest BCUT2D eigenvalue weighted by Crippen LogP contribution is -2.47. The van der Waals surface area contributed by atoms with E-state index in [-0.39, 0.29) is 17.6 Å². The van der Waals surface area contributed by atoms with Gasteiger partial charge in [0.25, 0.3) is 5.91 Å². The van der Waals surface area contributed by atoms with Crippen molar-refractivity contribution in [1.82, 2.24) is 0 Å². The summed E-state index contributed by atoms with van der Waals surface area (Å²) in [6, 6.07) is 24.3. The molecule has 1 atom stereocenters. The summed E-state index contributed by atoms with van der Waals surface area (Å²) in [5.41, 5.74) is 2.24. The van der Waals surface area contributed by atoms with Gasteiger partial charge in [-0.25, -0.2) is 0 Å². The Morgan fingerprint density at radius 3 is 2.32 bits per heavy atom. The van der Waals surface area contributed by atoms with E-state index >= 15 is 0 Å². The maximum atomic E-state index is 12.9. The fourth-order valence-corrected chi connectivity index (χ4v) is 4.98. The lowest BCUT2D eigenvalue weighted by molar-refractivity contribution is -0.122. The van der Waals surface area contributed by atoms with Gasteiger partial charge < -0.3 is 10.1 Å². The summed E-state index contributed by atoms with van der Waals surface area (Å²) < 4.78 is 5.83. The predicted octanol–water partition coefficient (Wildman–Crippen LogP) is 4.36. The number of nitrogens with one attached hydrogen (secondary N) is 1. The average Bonchev–Trinajstić information content (AvgIpc) is 3.21. The van der Waals surface area contributed by atoms with Gasteiger partial charge in [0.05, 0.1) is 5.75 Å². The van der Waals surface area contributed by atoms with Crippen molar-refractivity contribution >= 4 is 35.0 Å². The minimum Gasteiger partial charge on any atom is -0.457 e. The smallest absolute Gasteiger partial charge is 0.266 e. The fraction of sp³-hybridized carbons (Fsp3) is 0.0909. The van der Waals surface area contributed by atoms with Crippen LogP contribution in [0.2, 0.25) is 0 Å². The maximum absolute atomic E-state index is 12.9. The van der Waals surface area contributed by atoms with Gasteiger partial charge in [0.1, 0.15) is 11.5 Å². The van der Waals surface area contributed by atoms with Crippen molar-refractivity contribution in [1.29, 1.82) is 0 Å². The van der Waals surface area contributed by atoms with E-state index in [1.54, 1.807) is 4.90 Å². The van der Waals surface area contributed by atoms with Crippen LogP contribution < -0.4 is 15.0 Å². The molecule has 0 radical (unpaired) electrons. The Balaban J connectivity index is 1.51. The summed E-state index contributed by atoms with van der Waals surface area (Å²) in [5.74, 6) is 1.38. The molecule has 1 saturated heterocycles. The number of thioether (sulfide) groups is 1. The molecule has 0 bridgehead atoms. The molecule has 5 rings (SSSR count). The molecule has 5 nitrogen and oxygen atoms in total. The third-order valence-corrected chi connectivity index (χ3v) is 6.29. The lowest BCUT2D eigenvalue weighted by atomic mass is 10.0. The SMILES string of the molecule is O=C1CS[C@@]2(C(=O)Nc3ccccc32)N1c1ccc(Oc2ccccc2)cc1. The highest BCUT2D eigenvalue weighted by Crippen LogP contribution is 2.53. The molecule has 1 fully saturated rings. The molecule has 0 aromatic heterocycles. The number of benzene rings is 3. The van der Waals surface area contributed by atoms with Crippen LogP contribution in [0.25, 0.3) is 0 Å². The number of hydrogen-bond acceptors (Lipinski definition) is 4. The molecule has 2 aliphatic heterocycles. The highest BCUT2D eigenvalue weighted by Gasteiger charge is 2.58. The molecule has 0 unspecified atom stereocenters. The Bertz CT molecular complexity index is 1070. The highest BCUT2D eigenvalue weighted by molar-refractivity contribution is 8.02. The normalized spacial score (nSPS) is 20.4. The first kappa shape index (κ1) is 16.9. The van der Waals surface area contributed by atoms with Crippen LogP contribution in [-0.2, 0) is 14.5 Å². The summed E-state index contributed by atoms with van der Waals surface area (Å²) in [7, 11) is 0. The number of carbonyl (C=O) groups is 2. The Hall–Kier alpha value is -3.25. The van der Waals surface area contributed by atoms with Gasteiger partial charge in [-0.2, -0.15) is 0 Å². The largest absolute Gasteiger partial charge is 0.457 e. The molecule has 3 aromatic rings. The number of nitrogens with zero attached hydrogens (tertiary/aromatic N) is 1. The number of fused-ring (bicyclic) bond motifs is 2. The third-order valence-electron chi connectivity index (χ3n) is 4.89. The van der Waals surface area contributed by atoms with Gasteiger partial charge in [-0.05, 0) is 42.5 Å². The van der Waals surface area contributed by atoms with Crippen molar-refractivity contribution in [2.24, 2.45) is 0 Å². The number of para-hydroxylation sites is 2.